The zero-order chi connectivity index (χ0) is 25.7. The summed E-state index contributed by atoms with van der Waals surface area (Å²) in [4.78, 5) is 27.0. The molecule has 8 nitrogen and oxygen atoms in total. The fourth-order valence-corrected chi connectivity index (χ4v) is 4.81. The average Bonchev–Trinajstić information content (AvgIpc) is 3.14. The molecule has 9 heteroatoms. The van der Waals surface area contributed by atoms with E-state index in [9.17, 15) is 9.18 Å². The number of nitrogens with zero attached hydrogens (tertiary/aromatic N) is 5. The van der Waals surface area contributed by atoms with E-state index in [-0.39, 0.29) is 11.0 Å². The van der Waals surface area contributed by atoms with Gasteiger partial charge >= 0.3 is 0 Å². The van der Waals surface area contributed by atoms with Crippen molar-refractivity contribution in [3.8, 4) is 5.82 Å². The molecular formula is C27H32FN7O. The molecule has 1 aliphatic rings. The van der Waals surface area contributed by atoms with E-state index in [2.05, 4.69) is 41.6 Å². The van der Waals surface area contributed by atoms with Crippen molar-refractivity contribution in [2.75, 3.05) is 18.5 Å². The van der Waals surface area contributed by atoms with Gasteiger partial charge in [-0.2, -0.15) is 4.98 Å². The molecule has 4 aromatic rings. The highest BCUT2D eigenvalue weighted by atomic mass is 19.1. The van der Waals surface area contributed by atoms with E-state index >= 15 is 0 Å². The van der Waals surface area contributed by atoms with E-state index in [1.165, 1.54) is 11.1 Å². The Morgan fingerprint density at radius 1 is 1.19 bits per heavy atom. The Balaban J connectivity index is 1.58. The molecule has 0 bridgehead atoms. The van der Waals surface area contributed by atoms with Gasteiger partial charge in [-0.1, -0.05) is 39.8 Å². The minimum absolute atomic E-state index is 0.0684. The summed E-state index contributed by atoms with van der Waals surface area (Å²) < 4.78 is 16.9. The molecule has 1 aromatic carbocycles. The van der Waals surface area contributed by atoms with Gasteiger partial charge in [0.25, 0.3) is 5.56 Å². The molecule has 188 valence electrons. The number of hydrogen-bond donors (Lipinski definition) is 2. The highest BCUT2D eigenvalue weighted by Crippen LogP contribution is 2.32. The van der Waals surface area contributed by atoms with Crippen LogP contribution in [0.3, 0.4) is 0 Å². The molecule has 5 rings (SSSR count). The molecule has 0 amide bonds. The summed E-state index contributed by atoms with van der Waals surface area (Å²) in [6, 6.07) is 11.7. The molecule has 0 saturated carbocycles. The fourth-order valence-electron chi connectivity index (χ4n) is 4.81. The van der Waals surface area contributed by atoms with Gasteiger partial charge in [-0.05, 0) is 42.3 Å². The first-order valence-corrected chi connectivity index (χ1v) is 12.3. The third-order valence-corrected chi connectivity index (χ3v) is 6.93. The topological polar surface area (TPSA) is 89.7 Å². The standard InChI is InChI=1S/C27H32FN7O/c1-6-34-24(36)19-14-30-25(31-18-10-11-20-17(12-18)13-29-16-27(20,4)5)33-23(19)35(34)22-9-7-8-21(32-22)26(2,3)15-28/h7-12,14,29H,6,13,15-16H2,1-5H3,(H,30,31,33). The predicted molar refractivity (Wildman–Crippen MR) is 140 cm³/mol. The Kier molecular flexibility index (Phi) is 5.90. The molecule has 4 heterocycles. The van der Waals surface area contributed by atoms with Gasteiger partial charge in [0, 0.05) is 42.3 Å². The van der Waals surface area contributed by atoms with Gasteiger partial charge in [0.1, 0.15) is 12.1 Å². The summed E-state index contributed by atoms with van der Waals surface area (Å²) in [6.07, 6.45) is 1.55. The summed E-state index contributed by atoms with van der Waals surface area (Å²) in [5.74, 6) is 0.891. The van der Waals surface area contributed by atoms with Gasteiger partial charge in [-0.3, -0.25) is 9.18 Å². The van der Waals surface area contributed by atoms with E-state index in [1.807, 2.05) is 19.1 Å². The van der Waals surface area contributed by atoms with Crippen molar-refractivity contribution < 1.29 is 4.39 Å². The summed E-state index contributed by atoms with van der Waals surface area (Å²) in [5.41, 5.74) is 3.63. The number of benzene rings is 1. The maximum atomic E-state index is 13.7. The van der Waals surface area contributed by atoms with Crippen LogP contribution in [0.15, 0.2) is 47.4 Å². The predicted octanol–water partition coefficient (Wildman–Crippen LogP) is 4.37. The molecule has 36 heavy (non-hydrogen) atoms. The number of hydrogen-bond acceptors (Lipinski definition) is 6. The Morgan fingerprint density at radius 3 is 2.75 bits per heavy atom. The van der Waals surface area contributed by atoms with E-state index in [4.69, 9.17) is 9.97 Å². The third kappa shape index (κ3) is 4.07. The lowest BCUT2D eigenvalue weighted by molar-refractivity contribution is 0.344. The molecule has 2 N–H and O–H groups in total. The van der Waals surface area contributed by atoms with Crippen LogP contribution in [-0.2, 0) is 23.9 Å². The number of rotatable bonds is 6. The lowest BCUT2D eigenvalue weighted by atomic mass is 9.79. The first-order valence-electron chi connectivity index (χ1n) is 12.3. The molecular weight excluding hydrogens is 457 g/mol. The van der Waals surface area contributed by atoms with E-state index < -0.39 is 12.1 Å². The SMILES string of the molecule is CCn1c(=O)c2cnc(Nc3ccc4c(c3)CNCC4(C)C)nc2n1-c1cccc(C(C)(C)CF)n1. The van der Waals surface area contributed by atoms with Gasteiger partial charge in [0.15, 0.2) is 11.5 Å². The van der Waals surface area contributed by atoms with Crippen molar-refractivity contribution in [3.05, 3.63) is 69.8 Å². The maximum absolute atomic E-state index is 13.7. The third-order valence-electron chi connectivity index (χ3n) is 6.93. The maximum Gasteiger partial charge on any atom is 0.278 e. The highest BCUT2D eigenvalue weighted by molar-refractivity contribution is 5.77. The summed E-state index contributed by atoms with van der Waals surface area (Å²) in [6.45, 7) is 11.6. The average molecular weight is 490 g/mol. The van der Waals surface area contributed by atoms with Crippen molar-refractivity contribution in [2.45, 2.75) is 58.5 Å². The first-order chi connectivity index (χ1) is 17.1. The first kappa shape index (κ1) is 24.1. The Labute approximate surface area is 209 Å². The van der Waals surface area contributed by atoms with Crippen molar-refractivity contribution in [3.63, 3.8) is 0 Å². The van der Waals surface area contributed by atoms with Crippen LogP contribution in [0.2, 0.25) is 0 Å². The van der Waals surface area contributed by atoms with Crippen LogP contribution in [0.25, 0.3) is 16.9 Å². The number of fused-ring (bicyclic) bond motifs is 2. The number of halogens is 1. The molecule has 0 radical (unpaired) electrons. The van der Waals surface area contributed by atoms with Crippen molar-refractivity contribution in [2.24, 2.45) is 0 Å². The zero-order valence-corrected chi connectivity index (χ0v) is 21.4. The van der Waals surface area contributed by atoms with E-state index in [0.29, 0.717) is 35.0 Å². The van der Waals surface area contributed by atoms with Crippen molar-refractivity contribution in [1.82, 2.24) is 29.6 Å². The van der Waals surface area contributed by atoms with Crippen molar-refractivity contribution >= 4 is 22.7 Å². The molecule has 3 aromatic heterocycles. The molecule has 0 spiro atoms. The second kappa shape index (κ2) is 8.81. The normalized spacial score (nSPS) is 15.2. The number of nitrogens with one attached hydrogen (secondary N) is 2. The Hall–Kier alpha value is -3.59. The van der Waals surface area contributed by atoms with Crippen LogP contribution in [0.1, 0.15) is 51.4 Å². The van der Waals surface area contributed by atoms with Crippen LogP contribution < -0.4 is 16.2 Å². The Morgan fingerprint density at radius 2 is 2.00 bits per heavy atom. The van der Waals surface area contributed by atoms with Gasteiger partial charge in [-0.15, -0.1) is 0 Å². The zero-order valence-electron chi connectivity index (χ0n) is 21.4. The minimum Gasteiger partial charge on any atom is -0.324 e. The number of anilines is 2. The molecule has 1 aliphatic heterocycles. The van der Waals surface area contributed by atoms with Crippen LogP contribution in [-0.4, -0.2) is 37.5 Å². The van der Waals surface area contributed by atoms with Crippen molar-refractivity contribution in [1.29, 1.82) is 0 Å². The molecule has 0 fully saturated rings. The number of alkyl halides is 1. The fraction of sp³-hybridized carbons (Fsp3) is 0.407. The second-order valence-electron chi connectivity index (χ2n) is 10.6. The van der Waals surface area contributed by atoms with Gasteiger partial charge in [-0.25, -0.2) is 19.3 Å². The summed E-state index contributed by atoms with van der Waals surface area (Å²) in [5, 5.41) is 7.17. The molecule has 0 unspecified atom stereocenters. The van der Waals surface area contributed by atoms with Crippen LogP contribution in [0, 0.1) is 0 Å². The lowest BCUT2D eigenvalue weighted by Gasteiger charge is -2.33. The van der Waals surface area contributed by atoms with E-state index in [0.717, 1.165) is 18.8 Å². The Bertz CT molecular complexity index is 1500. The molecule has 0 saturated heterocycles. The van der Waals surface area contributed by atoms with Gasteiger partial charge in [0.2, 0.25) is 5.95 Å². The van der Waals surface area contributed by atoms with Crippen LogP contribution >= 0.6 is 0 Å². The largest absolute Gasteiger partial charge is 0.324 e. The summed E-state index contributed by atoms with van der Waals surface area (Å²) in [7, 11) is 0. The minimum atomic E-state index is -0.742. The van der Waals surface area contributed by atoms with Crippen LogP contribution in [0.5, 0.6) is 0 Å². The molecule has 0 atom stereocenters. The quantitative estimate of drug-likeness (QED) is 0.418. The smallest absolute Gasteiger partial charge is 0.278 e. The number of aromatic nitrogens is 5. The van der Waals surface area contributed by atoms with Gasteiger partial charge < -0.3 is 10.6 Å². The molecule has 0 aliphatic carbocycles. The highest BCUT2D eigenvalue weighted by Gasteiger charge is 2.27. The van der Waals surface area contributed by atoms with Crippen LogP contribution in [0.4, 0.5) is 16.0 Å². The monoisotopic (exact) mass is 489 g/mol. The van der Waals surface area contributed by atoms with E-state index in [1.54, 1.807) is 41.5 Å². The number of pyridine rings is 1. The summed E-state index contributed by atoms with van der Waals surface area (Å²) >= 11 is 0. The van der Waals surface area contributed by atoms with Gasteiger partial charge in [0.05, 0.1) is 5.69 Å². The lowest BCUT2D eigenvalue weighted by Crippen LogP contribution is -2.38. The second-order valence-corrected chi connectivity index (χ2v) is 10.6.